The minimum absolute atomic E-state index is 0.0586. The molecule has 0 saturated heterocycles. The summed E-state index contributed by atoms with van der Waals surface area (Å²) in [6, 6.07) is 10.8. The first-order chi connectivity index (χ1) is 12.0. The van der Waals surface area contributed by atoms with Crippen LogP contribution in [0.5, 0.6) is 0 Å². The number of sulfonamides is 1. The molecule has 5 nitrogen and oxygen atoms in total. The van der Waals surface area contributed by atoms with Crippen molar-refractivity contribution in [3.05, 3.63) is 78.0 Å². The van der Waals surface area contributed by atoms with Crippen LogP contribution in [0.4, 0.5) is 4.39 Å². The van der Waals surface area contributed by atoms with Gasteiger partial charge in [-0.05, 0) is 54.4 Å². The van der Waals surface area contributed by atoms with Gasteiger partial charge in [0.05, 0.1) is 10.6 Å². The Morgan fingerprint density at radius 1 is 1.08 bits per heavy atom. The van der Waals surface area contributed by atoms with Gasteiger partial charge in [-0.25, -0.2) is 17.5 Å². The fourth-order valence-corrected chi connectivity index (χ4v) is 3.75. The minimum Gasteiger partial charge on any atom is -0.265 e. The number of aryl methyl sites for hydroxylation is 1. The van der Waals surface area contributed by atoms with Crippen LogP contribution in [-0.2, 0) is 16.6 Å². The Morgan fingerprint density at radius 2 is 1.84 bits per heavy atom. The predicted molar refractivity (Wildman–Crippen MR) is 92.6 cm³/mol. The Kier molecular flexibility index (Phi) is 4.87. The van der Waals surface area contributed by atoms with Crippen LogP contribution in [0.1, 0.15) is 11.1 Å². The van der Waals surface area contributed by atoms with E-state index in [0.29, 0.717) is 11.3 Å². The highest BCUT2D eigenvalue weighted by atomic mass is 32.2. The first-order valence-electron chi connectivity index (χ1n) is 7.57. The van der Waals surface area contributed by atoms with Gasteiger partial charge in [0.25, 0.3) is 0 Å². The summed E-state index contributed by atoms with van der Waals surface area (Å²) in [5, 5.41) is 0. The van der Waals surface area contributed by atoms with Gasteiger partial charge < -0.3 is 0 Å². The fraction of sp³-hybridized carbons (Fsp3) is 0.111. The maximum absolute atomic E-state index is 13.2. The molecule has 0 bridgehead atoms. The molecular weight excluding hydrogens is 341 g/mol. The third-order valence-electron chi connectivity index (χ3n) is 3.72. The van der Waals surface area contributed by atoms with Crippen LogP contribution in [0.2, 0.25) is 0 Å². The summed E-state index contributed by atoms with van der Waals surface area (Å²) in [7, 11) is -3.76. The Balaban J connectivity index is 1.87. The Labute approximate surface area is 145 Å². The van der Waals surface area contributed by atoms with Crippen molar-refractivity contribution in [1.82, 2.24) is 14.7 Å². The van der Waals surface area contributed by atoms with Crippen molar-refractivity contribution in [2.75, 3.05) is 0 Å². The van der Waals surface area contributed by atoms with E-state index >= 15 is 0 Å². The van der Waals surface area contributed by atoms with Crippen molar-refractivity contribution in [1.29, 1.82) is 0 Å². The molecule has 0 spiro atoms. The van der Waals surface area contributed by atoms with Crippen molar-refractivity contribution in [3.8, 4) is 11.3 Å². The first kappa shape index (κ1) is 17.2. The fourth-order valence-electron chi connectivity index (χ4n) is 2.52. The molecule has 7 heteroatoms. The normalized spacial score (nSPS) is 11.4. The highest BCUT2D eigenvalue weighted by Crippen LogP contribution is 2.21. The summed E-state index contributed by atoms with van der Waals surface area (Å²) in [5.41, 5.74) is 2.62. The molecule has 2 heterocycles. The second-order valence-corrected chi connectivity index (χ2v) is 7.22. The molecule has 0 unspecified atom stereocenters. The lowest BCUT2D eigenvalue weighted by Gasteiger charge is -2.12. The molecule has 0 fully saturated rings. The van der Waals surface area contributed by atoms with Crippen molar-refractivity contribution < 1.29 is 12.8 Å². The summed E-state index contributed by atoms with van der Waals surface area (Å²) in [6.07, 6.45) is 4.96. The summed E-state index contributed by atoms with van der Waals surface area (Å²) in [4.78, 5) is 8.37. The van der Waals surface area contributed by atoms with Gasteiger partial charge in [0.15, 0.2) is 0 Å². The molecule has 0 saturated carbocycles. The standard InChI is InChI=1S/C18H16FN3O2S/c1-13-11-16(19)4-5-17(13)25(23,24)22-12-15-3-2-8-21-18(15)14-6-9-20-10-7-14/h2-11,22H,12H2,1H3. The number of halogens is 1. The van der Waals surface area contributed by atoms with Crippen LogP contribution < -0.4 is 4.72 Å². The van der Waals surface area contributed by atoms with Gasteiger partial charge in [0.1, 0.15) is 5.82 Å². The number of hydrogen-bond donors (Lipinski definition) is 1. The average molecular weight is 357 g/mol. The first-order valence-corrected chi connectivity index (χ1v) is 9.06. The molecule has 1 aromatic carbocycles. The van der Waals surface area contributed by atoms with Gasteiger partial charge in [-0.1, -0.05) is 6.07 Å². The Hall–Kier alpha value is -2.64. The number of nitrogens with zero attached hydrogens (tertiary/aromatic N) is 2. The molecule has 1 N–H and O–H groups in total. The summed E-state index contributed by atoms with van der Waals surface area (Å²) in [6.45, 7) is 1.63. The molecule has 25 heavy (non-hydrogen) atoms. The summed E-state index contributed by atoms with van der Waals surface area (Å²) in [5.74, 6) is -0.469. The Bertz CT molecular complexity index is 992. The maximum Gasteiger partial charge on any atom is 0.241 e. The lowest BCUT2D eigenvalue weighted by atomic mass is 10.1. The van der Waals surface area contributed by atoms with Crippen LogP contribution in [-0.4, -0.2) is 18.4 Å². The Morgan fingerprint density at radius 3 is 2.56 bits per heavy atom. The number of rotatable bonds is 5. The van der Waals surface area contributed by atoms with Crippen molar-refractivity contribution in [3.63, 3.8) is 0 Å². The van der Waals surface area contributed by atoms with E-state index in [1.807, 2.05) is 18.2 Å². The molecular formula is C18H16FN3O2S. The summed E-state index contributed by atoms with van der Waals surface area (Å²) >= 11 is 0. The van der Waals surface area contributed by atoms with Gasteiger partial charge in [0.2, 0.25) is 10.0 Å². The molecule has 0 amide bonds. The molecule has 2 aromatic heterocycles. The second kappa shape index (κ2) is 7.08. The van der Waals surface area contributed by atoms with Gasteiger partial charge >= 0.3 is 0 Å². The monoisotopic (exact) mass is 357 g/mol. The molecule has 0 atom stereocenters. The summed E-state index contributed by atoms with van der Waals surface area (Å²) < 4.78 is 40.8. The average Bonchev–Trinajstić information content (AvgIpc) is 2.61. The maximum atomic E-state index is 13.2. The molecule has 0 aliphatic rings. The largest absolute Gasteiger partial charge is 0.265 e. The highest BCUT2D eigenvalue weighted by molar-refractivity contribution is 7.89. The van der Waals surface area contributed by atoms with E-state index in [-0.39, 0.29) is 11.4 Å². The zero-order chi connectivity index (χ0) is 17.9. The topological polar surface area (TPSA) is 72.0 Å². The lowest BCUT2D eigenvalue weighted by molar-refractivity contribution is 0.579. The van der Waals surface area contributed by atoms with E-state index in [0.717, 1.165) is 17.2 Å². The van der Waals surface area contributed by atoms with Crippen molar-refractivity contribution in [2.24, 2.45) is 0 Å². The minimum atomic E-state index is -3.76. The smallest absolute Gasteiger partial charge is 0.241 e. The van der Waals surface area contributed by atoms with Gasteiger partial charge in [-0.3, -0.25) is 9.97 Å². The third kappa shape index (κ3) is 3.89. The SMILES string of the molecule is Cc1cc(F)ccc1S(=O)(=O)NCc1cccnc1-c1ccncc1. The molecule has 128 valence electrons. The number of aromatic nitrogens is 2. The van der Waals surface area contributed by atoms with Gasteiger partial charge in [-0.2, -0.15) is 0 Å². The van der Waals surface area contributed by atoms with E-state index in [4.69, 9.17) is 0 Å². The van der Waals surface area contributed by atoms with Gasteiger partial charge in [-0.15, -0.1) is 0 Å². The molecule has 0 aliphatic carbocycles. The van der Waals surface area contributed by atoms with Crippen LogP contribution in [0, 0.1) is 12.7 Å². The van der Waals surface area contributed by atoms with Crippen LogP contribution in [0.3, 0.4) is 0 Å². The molecule has 0 radical (unpaired) electrons. The van der Waals surface area contributed by atoms with Crippen molar-refractivity contribution in [2.45, 2.75) is 18.4 Å². The highest BCUT2D eigenvalue weighted by Gasteiger charge is 2.18. The van der Waals surface area contributed by atoms with E-state index in [9.17, 15) is 12.8 Å². The number of pyridine rings is 2. The van der Waals surface area contributed by atoms with Crippen LogP contribution >= 0.6 is 0 Å². The molecule has 3 rings (SSSR count). The third-order valence-corrected chi connectivity index (χ3v) is 5.29. The quantitative estimate of drug-likeness (QED) is 0.762. The van der Waals surface area contributed by atoms with E-state index < -0.39 is 15.8 Å². The zero-order valence-corrected chi connectivity index (χ0v) is 14.3. The predicted octanol–water partition coefficient (Wildman–Crippen LogP) is 3.07. The lowest BCUT2D eigenvalue weighted by Crippen LogP contribution is -2.24. The number of hydrogen-bond acceptors (Lipinski definition) is 4. The van der Waals surface area contributed by atoms with E-state index in [1.54, 1.807) is 31.6 Å². The second-order valence-electron chi connectivity index (χ2n) is 5.48. The van der Waals surface area contributed by atoms with E-state index in [2.05, 4.69) is 14.7 Å². The number of benzene rings is 1. The zero-order valence-electron chi connectivity index (χ0n) is 13.5. The molecule has 3 aromatic rings. The number of nitrogens with one attached hydrogen (secondary N) is 1. The molecule has 0 aliphatic heterocycles. The van der Waals surface area contributed by atoms with E-state index in [1.165, 1.54) is 12.1 Å². The van der Waals surface area contributed by atoms with Crippen LogP contribution in [0.25, 0.3) is 11.3 Å². The van der Waals surface area contributed by atoms with Crippen molar-refractivity contribution >= 4 is 10.0 Å². The van der Waals surface area contributed by atoms with Crippen LogP contribution in [0.15, 0.2) is 66.0 Å². The van der Waals surface area contributed by atoms with Gasteiger partial charge in [0, 0.05) is 30.7 Å².